The maximum absolute atomic E-state index is 10.3. The number of hydrogen-bond donors (Lipinski definition) is 1. The lowest BCUT2D eigenvalue weighted by molar-refractivity contribution is 0.273. The van der Waals surface area contributed by atoms with Gasteiger partial charge in [-0.15, -0.1) is 11.8 Å². The molecule has 2 aromatic heterocycles. The van der Waals surface area contributed by atoms with Crippen LogP contribution in [0.3, 0.4) is 0 Å². The average molecular weight is 409 g/mol. The molecule has 0 aliphatic heterocycles. The van der Waals surface area contributed by atoms with E-state index in [1.807, 2.05) is 42.8 Å². The Morgan fingerprint density at radius 2 is 1.93 bits per heavy atom. The molecule has 0 aliphatic carbocycles. The van der Waals surface area contributed by atoms with Gasteiger partial charge in [0.15, 0.2) is 0 Å². The van der Waals surface area contributed by atoms with Crippen LogP contribution >= 0.6 is 23.4 Å². The zero-order chi connectivity index (χ0) is 19.7. The molecule has 1 N–H and O–H groups in total. The van der Waals surface area contributed by atoms with Crippen LogP contribution in [0.4, 0.5) is 0 Å². The fourth-order valence-corrected chi connectivity index (χ4v) is 4.19. The predicted octanol–water partition coefficient (Wildman–Crippen LogP) is 5.93. The van der Waals surface area contributed by atoms with Crippen LogP contribution in [0.25, 0.3) is 22.0 Å². The first-order valence-electron chi connectivity index (χ1n) is 9.08. The van der Waals surface area contributed by atoms with E-state index in [0.29, 0.717) is 6.54 Å². The highest BCUT2D eigenvalue weighted by atomic mass is 35.5. The summed E-state index contributed by atoms with van der Waals surface area (Å²) in [4.78, 5) is 4.54. The second kappa shape index (κ2) is 8.00. The number of aryl methyl sites for hydroxylation is 1. The lowest BCUT2D eigenvalue weighted by Gasteiger charge is -2.12. The zero-order valence-electron chi connectivity index (χ0n) is 15.8. The molecule has 3 nitrogen and oxygen atoms in total. The topological polar surface area (TPSA) is 38.0 Å². The number of thioether (sulfide) groups is 1. The number of benzene rings is 2. The molecule has 0 saturated heterocycles. The van der Waals surface area contributed by atoms with Crippen molar-refractivity contribution in [2.75, 3.05) is 6.26 Å². The average Bonchev–Trinajstić information content (AvgIpc) is 3.02. The van der Waals surface area contributed by atoms with Gasteiger partial charge in [-0.3, -0.25) is 0 Å². The van der Waals surface area contributed by atoms with Crippen LogP contribution in [-0.4, -0.2) is 20.9 Å². The summed E-state index contributed by atoms with van der Waals surface area (Å²) in [7, 11) is 0. The van der Waals surface area contributed by atoms with Crippen LogP contribution in [0.1, 0.15) is 16.8 Å². The molecule has 0 atom stereocenters. The molecule has 2 heterocycles. The van der Waals surface area contributed by atoms with E-state index in [9.17, 15) is 5.11 Å². The van der Waals surface area contributed by atoms with Gasteiger partial charge in [-0.2, -0.15) is 0 Å². The first-order chi connectivity index (χ1) is 13.6. The fraction of sp³-hybridized carbons (Fsp3) is 0.174. The van der Waals surface area contributed by atoms with Crippen molar-refractivity contribution in [2.24, 2.45) is 0 Å². The number of nitrogens with zero attached hydrogens (tertiary/aromatic N) is 2. The van der Waals surface area contributed by atoms with Crippen LogP contribution in [0.15, 0.2) is 65.8 Å². The second-order valence-corrected chi connectivity index (χ2v) is 8.00. The van der Waals surface area contributed by atoms with Gasteiger partial charge in [0.1, 0.15) is 0 Å². The van der Waals surface area contributed by atoms with E-state index in [1.54, 1.807) is 11.8 Å². The molecular weight excluding hydrogens is 388 g/mol. The Balaban J connectivity index is 1.96. The van der Waals surface area contributed by atoms with Gasteiger partial charge in [-0.05, 0) is 43.0 Å². The van der Waals surface area contributed by atoms with Gasteiger partial charge in [-0.1, -0.05) is 47.5 Å². The normalized spacial score (nSPS) is 11.3. The molecule has 2 aromatic carbocycles. The smallest absolute Gasteiger partial charge is 0.0957 e. The minimum Gasteiger partial charge on any atom is -0.390 e. The van der Waals surface area contributed by atoms with Gasteiger partial charge < -0.3 is 9.67 Å². The van der Waals surface area contributed by atoms with E-state index < -0.39 is 0 Å². The highest BCUT2D eigenvalue weighted by Gasteiger charge is 2.19. The highest BCUT2D eigenvalue weighted by molar-refractivity contribution is 7.98. The molecule has 0 aliphatic rings. The summed E-state index contributed by atoms with van der Waals surface area (Å²) in [6, 6.07) is 18.3. The molecule has 142 valence electrons. The fourth-order valence-electron chi connectivity index (χ4n) is 3.63. The molecule has 0 saturated carbocycles. The number of rotatable bonds is 5. The summed E-state index contributed by atoms with van der Waals surface area (Å²) in [5.41, 5.74) is 6.21. The number of aromatic nitrogens is 2. The van der Waals surface area contributed by atoms with Crippen LogP contribution in [0.2, 0.25) is 5.02 Å². The number of aliphatic hydroxyl groups excluding tert-OH is 1. The van der Waals surface area contributed by atoms with E-state index in [2.05, 4.69) is 40.7 Å². The van der Waals surface area contributed by atoms with Crippen molar-refractivity contribution >= 4 is 34.3 Å². The van der Waals surface area contributed by atoms with Crippen LogP contribution in [0.5, 0.6) is 0 Å². The molecule has 28 heavy (non-hydrogen) atoms. The number of halogens is 1. The lowest BCUT2D eigenvalue weighted by atomic mass is 10.0. The van der Waals surface area contributed by atoms with E-state index in [0.717, 1.165) is 43.3 Å². The first kappa shape index (κ1) is 19.1. The van der Waals surface area contributed by atoms with Crippen molar-refractivity contribution in [2.45, 2.75) is 25.1 Å². The molecular formula is C23H21ClN2OS. The summed E-state index contributed by atoms with van der Waals surface area (Å²) in [6.45, 7) is 2.63. The maximum atomic E-state index is 10.3. The van der Waals surface area contributed by atoms with Crippen molar-refractivity contribution < 1.29 is 5.11 Å². The van der Waals surface area contributed by atoms with Crippen molar-refractivity contribution in [3.63, 3.8) is 0 Å². The molecule has 0 radical (unpaired) electrons. The van der Waals surface area contributed by atoms with Gasteiger partial charge in [0.2, 0.25) is 0 Å². The SMILES string of the molecule is CSc1ccc(-c2c(CO)n(Cc3ccccc3Cl)c3ccc(C)cc23)cn1. The third kappa shape index (κ3) is 3.44. The lowest BCUT2D eigenvalue weighted by Crippen LogP contribution is -2.05. The van der Waals surface area contributed by atoms with Crippen LogP contribution in [0, 0.1) is 6.92 Å². The summed E-state index contributed by atoms with van der Waals surface area (Å²) in [5.74, 6) is 0. The number of aliphatic hydroxyl groups is 1. The van der Waals surface area contributed by atoms with E-state index in [1.165, 1.54) is 5.56 Å². The van der Waals surface area contributed by atoms with E-state index in [-0.39, 0.29) is 6.61 Å². The third-order valence-corrected chi connectivity index (χ3v) is 6.03. The van der Waals surface area contributed by atoms with Crippen molar-refractivity contribution in [1.82, 2.24) is 9.55 Å². The quantitative estimate of drug-likeness (QED) is 0.416. The molecule has 5 heteroatoms. The minimum absolute atomic E-state index is 0.0577. The Morgan fingerprint density at radius 1 is 1.11 bits per heavy atom. The van der Waals surface area contributed by atoms with Crippen molar-refractivity contribution in [1.29, 1.82) is 0 Å². The Morgan fingerprint density at radius 3 is 2.61 bits per heavy atom. The largest absolute Gasteiger partial charge is 0.390 e. The zero-order valence-corrected chi connectivity index (χ0v) is 17.4. The van der Waals surface area contributed by atoms with Crippen molar-refractivity contribution in [3.8, 4) is 11.1 Å². The van der Waals surface area contributed by atoms with E-state index in [4.69, 9.17) is 11.6 Å². The molecule has 0 fully saturated rings. The van der Waals surface area contributed by atoms with Gasteiger partial charge in [0, 0.05) is 39.8 Å². The van der Waals surface area contributed by atoms with Crippen LogP contribution in [-0.2, 0) is 13.2 Å². The summed E-state index contributed by atoms with van der Waals surface area (Å²) in [5, 5.41) is 13.1. The number of hydrogen-bond acceptors (Lipinski definition) is 3. The first-order valence-corrected chi connectivity index (χ1v) is 10.7. The van der Waals surface area contributed by atoms with E-state index >= 15 is 0 Å². The van der Waals surface area contributed by atoms with Gasteiger partial charge in [0.05, 0.1) is 17.3 Å². The standard InChI is InChI=1S/C23H21ClN2OS/c1-15-7-9-20-18(11-15)23(16-8-10-22(28-2)25-12-16)21(14-27)26(20)13-17-5-3-4-6-19(17)24/h3-12,27H,13-14H2,1-2H3. The number of fused-ring (bicyclic) bond motifs is 1. The maximum Gasteiger partial charge on any atom is 0.0957 e. The minimum atomic E-state index is -0.0577. The Labute approximate surface area is 174 Å². The summed E-state index contributed by atoms with van der Waals surface area (Å²) in [6.07, 6.45) is 3.90. The van der Waals surface area contributed by atoms with Crippen LogP contribution < -0.4 is 0 Å². The molecule has 0 unspecified atom stereocenters. The molecule has 0 bridgehead atoms. The molecule has 4 rings (SSSR count). The van der Waals surface area contributed by atoms with Gasteiger partial charge in [0.25, 0.3) is 0 Å². The number of pyridine rings is 1. The Hall–Kier alpha value is -2.27. The Kier molecular flexibility index (Phi) is 5.44. The molecule has 0 spiro atoms. The highest BCUT2D eigenvalue weighted by Crippen LogP contribution is 2.37. The van der Waals surface area contributed by atoms with Gasteiger partial charge >= 0.3 is 0 Å². The second-order valence-electron chi connectivity index (χ2n) is 6.77. The molecule has 4 aromatic rings. The third-order valence-electron chi connectivity index (χ3n) is 5.00. The summed E-state index contributed by atoms with van der Waals surface area (Å²) < 4.78 is 2.16. The Bertz CT molecular complexity index is 1140. The van der Waals surface area contributed by atoms with Gasteiger partial charge in [-0.25, -0.2) is 4.98 Å². The predicted molar refractivity (Wildman–Crippen MR) is 118 cm³/mol. The summed E-state index contributed by atoms with van der Waals surface area (Å²) >= 11 is 8.03. The monoisotopic (exact) mass is 408 g/mol. The molecule has 0 amide bonds. The van der Waals surface area contributed by atoms with Crippen molar-refractivity contribution in [3.05, 3.63) is 82.6 Å².